The van der Waals surface area contributed by atoms with Crippen LogP contribution < -0.4 is 0 Å². The van der Waals surface area contributed by atoms with Crippen molar-refractivity contribution in [2.24, 2.45) is 0 Å². The van der Waals surface area contributed by atoms with Gasteiger partial charge in [-0.05, 0) is 36.6 Å². The molecular formula is C20H20O3. The molecule has 2 aromatic rings. The Bertz CT molecular complexity index is 721. The molecule has 23 heavy (non-hydrogen) atoms. The Kier molecular flexibility index (Phi) is 3.38. The highest BCUT2D eigenvalue weighted by Gasteiger charge is 2.54. The van der Waals surface area contributed by atoms with Crippen LogP contribution in [0.1, 0.15) is 31.4 Å². The number of ether oxygens (including phenoxy) is 1. The zero-order valence-electron chi connectivity index (χ0n) is 13.4. The van der Waals surface area contributed by atoms with E-state index in [-0.39, 0.29) is 6.10 Å². The quantitative estimate of drug-likeness (QED) is 0.767. The minimum Gasteiger partial charge on any atom is -0.337 e. The summed E-state index contributed by atoms with van der Waals surface area (Å²) >= 11 is 0. The third kappa shape index (κ3) is 2.51. The predicted molar refractivity (Wildman–Crippen MR) is 88.3 cm³/mol. The molecule has 0 amide bonds. The Hall–Kier alpha value is -1.94. The van der Waals surface area contributed by atoms with E-state index in [4.69, 9.17) is 14.5 Å². The van der Waals surface area contributed by atoms with Crippen molar-refractivity contribution in [3.8, 4) is 0 Å². The van der Waals surface area contributed by atoms with Gasteiger partial charge in [-0.1, -0.05) is 60.7 Å². The Morgan fingerprint density at radius 1 is 0.870 bits per heavy atom. The number of fused-ring (bicyclic) bond motifs is 1. The van der Waals surface area contributed by atoms with Crippen LogP contribution in [0, 0.1) is 0 Å². The zero-order valence-corrected chi connectivity index (χ0v) is 13.4. The van der Waals surface area contributed by atoms with E-state index in [1.54, 1.807) is 0 Å². The molecule has 1 aliphatic carbocycles. The zero-order chi connectivity index (χ0) is 15.9. The standard InChI is InChI=1S/C20H20O3/c1-19(2)21-18-13-16(15-9-5-3-6-10-15)14-20(18,23-22-19)17-11-7-4-8-12-17/h3-13,18H,14H2,1-2H3/t18-,20-/m1/s1. The maximum Gasteiger partial charge on any atom is 0.196 e. The average Bonchev–Trinajstić information content (AvgIpc) is 2.95. The van der Waals surface area contributed by atoms with E-state index in [0.29, 0.717) is 0 Å². The minimum absolute atomic E-state index is 0.177. The summed E-state index contributed by atoms with van der Waals surface area (Å²) in [7, 11) is 0. The van der Waals surface area contributed by atoms with E-state index in [0.717, 1.165) is 12.0 Å². The van der Waals surface area contributed by atoms with Crippen molar-refractivity contribution in [3.63, 3.8) is 0 Å². The fourth-order valence-electron chi connectivity index (χ4n) is 3.35. The number of hydrogen-bond donors (Lipinski definition) is 0. The van der Waals surface area contributed by atoms with Gasteiger partial charge in [-0.25, -0.2) is 9.78 Å². The van der Waals surface area contributed by atoms with Crippen LogP contribution in [-0.2, 0) is 20.1 Å². The van der Waals surface area contributed by atoms with Crippen molar-refractivity contribution in [1.82, 2.24) is 0 Å². The van der Waals surface area contributed by atoms with Gasteiger partial charge in [0.05, 0.1) is 0 Å². The summed E-state index contributed by atoms with van der Waals surface area (Å²) in [4.78, 5) is 11.5. The summed E-state index contributed by atoms with van der Waals surface area (Å²) in [6, 6.07) is 20.5. The van der Waals surface area contributed by atoms with Crippen molar-refractivity contribution in [1.29, 1.82) is 0 Å². The highest BCUT2D eigenvalue weighted by Crippen LogP contribution is 2.50. The second kappa shape index (κ2) is 5.31. The Morgan fingerprint density at radius 2 is 1.52 bits per heavy atom. The van der Waals surface area contributed by atoms with Gasteiger partial charge in [-0.15, -0.1) is 0 Å². The molecule has 0 radical (unpaired) electrons. The van der Waals surface area contributed by atoms with E-state index in [1.807, 2.05) is 38.1 Å². The van der Waals surface area contributed by atoms with Gasteiger partial charge in [-0.3, -0.25) is 0 Å². The van der Waals surface area contributed by atoms with Gasteiger partial charge < -0.3 is 4.74 Å². The molecule has 0 N–H and O–H groups in total. The highest BCUT2D eigenvalue weighted by molar-refractivity contribution is 5.70. The Morgan fingerprint density at radius 3 is 2.22 bits per heavy atom. The van der Waals surface area contributed by atoms with E-state index in [2.05, 4.69) is 42.5 Å². The summed E-state index contributed by atoms with van der Waals surface area (Å²) in [5.74, 6) is -0.758. The summed E-state index contributed by atoms with van der Waals surface area (Å²) < 4.78 is 6.18. The second-order valence-corrected chi connectivity index (χ2v) is 6.60. The van der Waals surface area contributed by atoms with Gasteiger partial charge in [-0.2, -0.15) is 0 Å². The number of benzene rings is 2. The average molecular weight is 308 g/mol. The first-order valence-electron chi connectivity index (χ1n) is 7.95. The molecule has 3 heteroatoms. The van der Waals surface area contributed by atoms with Crippen LogP contribution in [0.2, 0.25) is 0 Å². The van der Waals surface area contributed by atoms with Gasteiger partial charge in [0.15, 0.2) is 11.4 Å². The van der Waals surface area contributed by atoms with Gasteiger partial charge in [0, 0.05) is 6.42 Å². The lowest BCUT2D eigenvalue weighted by Crippen LogP contribution is -2.51. The SMILES string of the molecule is CC1(C)OO[C@@]2(c3ccccc3)CC(c3ccccc3)=C[C@H]2O1. The lowest BCUT2D eigenvalue weighted by molar-refractivity contribution is -0.517. The summed E-state index contributed by atoms with van der Waals surface area (Å²) in [6.07, 6.45) is 2.72. The van der Waals surface area contributed by atoms with Crippen LogP contribution in [0.3, 0.4) is 0 Å². The summed E-state index contributed by atoms with van der Waals surface area (Å²) in [5, 5.41) is 0. The third-order valence-corrected chi connectivity index (χ3v) is 4.47. The molecule has 2 aliphatic rings. The fraction of sp³-hybridized carbons (Fsp3) is 0.300. The maximum absolute atomic E-state index is 6.18. The van der Waals surface area contributed by atoms with Crippen molar-refractivity contribution in [2.75, 3.05) is 0 Å². The molecular weight excluding hydrogens is 288 g/mol. The van der Waals surface area contributed by atoms with E-state index in [1.165, 1.54) is 11.1 Å². The molecule has 3 nitrogen and oxygen atoms in total. The molecule has 0 bridgehead atoms. The fourth-order valence-corrected chi connectivity index (χ4v) is 3.35. The summed E-state index contributed by atoms with van der Waals surface area (Å²) in [6.45, 7) is 3.74. The first kappa shape index (κ1) is 14.6. The Labute approximate surface area is 136 Å². The van der Waals surface area contributed by atoms with Crippen LogP contribution in [0.25, 0.3) is 5.57 Å². The minimum atomic E-state index is -0.758. The van der Waals surface area contributed by atoms with Crippen LogP contribution in [0.4, 0.5) is 0 Å². The van der Waals surface area contributed by atoms with Crippen molar-refractivity contribution < 1.29 is 14.5 Å². The van der Waals surface area contributed by atoms with Gasteiger partial charge in [0.25, 0.3) is 0 Å². The molecule has 0 aromatic heterocycles. The van der Waals surface area contributed by atoms with Gasteiger partial charge >= 0.3 is 0 Å². The molecule has 2 aromatic carbocycles. The van der Waals surface area contributed by atoms with Crippen molar-refractivity contribution >= 4 is 5.57 Å². The molecule has 2 atom stereocenters. The van der Waals surface area contributed by atoms with Crippen molar-refractivity contribution in [2.45, 2.75) is 37.8 Å². The molecule has 4 rings (SSSR count). The number of hydrogen-bond acceptors (Lipinski definition) is 3. The number of rotatable bonds is 2. The van der Waals surface area contributed by atoms with E-state index < -0.39 is 11.4 Å². The smallest absolute Gasteiger partial charge is 0.196 e. The second-order valence-electron chi connectivity index (χ2n) is 6.60. The molecule has 1 saturated heterocycles. The molecule has 0 unspecified atom stereocenters. The predicted octanol–water partition coefficient (Wildman–Crippen LogP) is 4.45. The van der Waals surface area contributed by atoms with Gasteiger partial charge in [0.2, 0.25) is 0 Å². The van der Waals surface area contributed by atoms with Crippen LogP contribution in [0.5, 0.6) is 0 Å². The van der Waals surface area contributed by atoms with Crippen molar-refractivity contribution in [3.05, 3.63) is 77.9 Å². The highest BCUT2D eigenvalue weighted by atomic mass is 17.2. The summed E-state index contributed by atoms with van der Waals surface area (Å²) in [5.41, 5.74) is 2.87. The molecule has 1 aliphatic heterocycles. The van der Waals surface area contributed by atoms with E-state index >= 15 is 0 Å². The molecule has 1 heterocycles. The van der Waals surface area contributed by atoms with Crippen LogP contribution >= 0.6 is 0 Å². The molecule has 1 fully saturated rings. The first-order chi connectivity index (χ1) is 11.1. The molecule has 0 spiro atoms. The van der Waals surface area contributed by atoms with Crippen LogP contribution in [-0.4, -0.2) is 11.9 Å². The maximum atomic E-state index is 6.18. The molecule has 118 valence electrons. The third-order valence-electron chi connectivity index (χ3n) is 4.47. The lowest BCUT2D eigenvalue weighted by Gasteiger charge is -2.44. The first-order valence-corrected chi connectivity index (χ1v) is 7.95. The lowest BCUT2D eigenvalue weighted by atomic mass is 9.87. The monoisotopic (exact) mass is 308 g/mol. The van der Waals surface area contributed by atoms with Gasteiger partial charge in [0.1, 0.15) is 6.10 Å². The largest absolute Gasteiger partial charge is 0.337 e. The molecule has 0 saturated carbocycles. The van der Waals surface area contributed by atoms with E-state index in [9.17, 15) is 0 Å². The van der Waals surface area contributed by atoms with Crippen LogP contribution in [0.15, 0.2) is 66.7 Å². The Balaban J connectivity index is 1.77. The normalized spacial score (nSPS) is 29.0. The topological polar surface area (TPSA) is 27.7 Å².